The van der Waals surface area contributed by atoms with Crippen molar-refractivity contribution in [1.82, 2.24) is 0 Å². The maximum Gasteiger partial charge on any atom is 0.484 e. The third kappa shape index (κ3) is 1.95. The summed E-state index contributed by atoms with van der Waals surface area (Å²) >= 11 is 0. The van der Waals surface area contributed by atoms with E-state index in [1.54, 1.807) is 12.2 Å². The van der Waals surface area contributed by atoms with Crippen LogP contribution in [0.1, 0.15) is 26.2 Å². The molecule has 0 fully saturated rings. The fourth-order valence-corrected chi connectivity index (χ4v) is 1.85. The van der Waals surface area contributed by atoms with Crippen molar-refractivity contribution in [1.29, 1.82) is 0 Å². The Morgan fingerprint density at radius 1 is 1.25 bits per heavy atom. The van der Waals surface area contributed by atoms with Gasteiger partial charge in [0.05, 0.1) is 6.08 Å². The second-order valence-electron chi connectivity index (χ2n) is 3.79. The molecule has 0 aromatic carbocycles. The van der Waals surface area contributed by atoms with Gasteiger partial charge in [0.15, 0.2) is 0 Å². The number of nitro groups is 2. The zero-order valence-corrected chi connectivity index (χ0v) is 9.04. The lowest BCUT2D eigenvalue weighted by molar-refractivity contribution is -0.789. The number of rotatable bonds is 5. The van der Waals surface area contributed by atoms with Gasteiger partial charge in [0.25, 0.3) is 0 Å². The van der Waals surface area contributed by atoms with E-state index >= 15 is 0 Å². The minimum atomic E-state index is -2.18. The van der Waals surface area contributed by atoms with Crippen LogP contribution in [0.25, 0.3) is 0 Å². The highest BCUT2D eigenvalue weighted by molar-refractivity contribution is 5.18. The van der Waals surface area contributed by atoms with Gasteiger partial charge in [-0.1, -0.05) is 38.0 Å². The van der Waals surface area contributed by atoms with Gasteiger partial charge in [-0.25, -0.2) is 0 Å². The molecule has 16 heavy (non-hydrogen) atoms. The van der Waals surface area contributed by atoms with Gasteiger partial charge in [-0.05, 0) is 6.42 Å². The molecule has 0 spiro atoms. The predicted octanol–water partition coefficient (Wildman–Crippen LogP) is 2.17. The molecule has 0 saturated carbocycles. The molecule has 0 radical (unpaired) electrons. The van der Waals surface area contributed by atoms with E-state index in [1.807, 2.05) is 6.92 Å². The third-order valence-corrected chi connectivity index (χ3v) is 2.80. The van der Waals surface area contributed by atoms with E-state index < -0.39 is 21.4 Å². The Bertz CT molecular complexity index is 335. The van der Waals surface area contributed by atoms with Gasteiger partial charge in [-0.2, -0.15) is 0 Å². The minimum Gasteiger partial charge on any atom is -0.258 e. The van der Waals surface area contributed by atoms with Crippen LogP contribution in [0.5, 0.6) is 0 Å². The van der Waals surface area contributed by atoms with Crippen molar-refractivity contribution in [3.05, 3.63) is 44.5 Å². The van der Waals surface area contributed by atoms with Crippen LogP contribution in [-0.4, -0.2) is 15.5 Å². The highest BCUT2D eigenvalue weighted by Crippen LogP contribution is 2.32. The van der Waals surface area contributed by atoms with Crippen molar-refractivity contribution >= 4 is 0 Å². The second kappa shape index (κ2) is 4.87. The lowest BCUT2D eigenvalue weighted by Gasteiger charge is -2.22. The maximum absolute atomic E-state index is 11.0. The van der Waals surface area contributed by atoms with Gasteiger partial charge >= 0.3 is 5.66 Å². The summed E-state index contributed by atoms with van der Waals surface area (Å²) in [6.45, 7) is 1.95. The molecule has 0 N–H and O–H groups in total. The van der Waals surface area contributed by atoms with E-state index in [9.17, 15) is 20.2 Å². The van der Waals surface area contributed by atoms with E-state index in [-0.39, 0.29) is 0 Å². The second-order valence-corrected chi connectivity index (χ2v) is 3.79. The third-order valence-electron chi connectivity index (χ3n) is 2.80. The molecule has 88 valence electrons. The summed E-state index contributed by atoms with van der Waals surface area (Å²) < 4.78 is 0. The zero-order chi connectivity index (χ0) is 12.2. The molecule has 0 aromatic rings. The number of unbranched alkanes of at least 4 members (excludes halogenated alkanes) is 1. The van der Waals surface area contributed by atoms with Crippen molar-refractivity contribution in [2.24, 2.45) is 5.92 Å². The van der Waals surface area contributed by atoms with Crippen LogP contribution in [0.3, 0.4) is 0 Å². The summed E-state index contributed by atoms with van der Waals surface area (Å²) in [6, 6.07) is 0. The lowest BCUT2D eigenvalue weighted by atomic mass is 9.85. The van der Waals surface area contributed by atoms with Crippen LogP contribution in [0.15, 0.2) is 24.3 Å². The molecule has 0 heterocycles. The van der Waals surface area contributed by atoms with Crippen LogP contribution in [0.4, 0.5) is 0 Å². The predicted molar refractivity (Wildman–Crippen MR) is 58.0 cm³/mol. The summed E-state index contributed by atoms with van der Waals surface area (Å²) in [4.78, 5) is 20.3. The molecule has 0 aromatic heterocycles. The van der Waals surface area contributed by atoms with Gasteiger partial charge < -0.3 is 0 Å². The molecule has 0 bridgehead atoms. The summed E-state index contributed by atoms with van der Waals surface area (Å²) in [5, 5.41) is 21.9. The smallest absolute Gasteiger partial charge is 0.258 e. The van der Waals surface area contributed by atoms with Gasteiger partial charge in [-0.15, -0.1) is 0 Å². The molecule has 0 saturated heterocycles. The molecule has 1 aliphatic rings. The van der Waals surface area contributed by atoms with E-state index in [4.69, 9.17) is 0 Å². The summed E-state index contributed by atoms with van der Waals surface area (Å²) in [6.07, 6.45) is 7.69. The molecule has 1 atom stereocenters. The molecule has 6 heteroatoms. The average Bonchev–Trinajstić information content (AvgIpc) is 2.25. The number of nitrogens with zero attached hydrogens (tertiary/aromatic N) is 2. The summed E-state index contributed by atoms with van der Waals surface area (Å²) in [7, 11) is 0. The van der Waals surface area contributed by atoms with Crippen LogP contribution < -0.4 is 0 Å². The van der Waals surface area contributed by atoms with E-state index in [1.165, 1.54) is 6.08 Å². The van der Waals surface area contributed by atoms with Gasteiger partial charge in [0, 0.05) is 0 Å². The number of hydrogen-bond donors (Lipinski definition) is 0. The zero-order valence-electron chi connectivity index (χ0n) is 9.04. The fraction of sp³-hybridized carbons (Fsp3) is 0.600. The quantitative estimate of drug-likeness (QED) is 0.408. The highest BCUT2D eigenvalue weighted by atomic mass is 16.7. The Kier molecular flexibility index (Phi) is 3.76. The minimum absolute atomic E-state index is 0.458. The summed E-state index contributed by atoms with van der Waals surface area (Å²) in [5.41, 5.74) is -2.18. The first-order valence-electron chi connectivity index (χ1n) is 5.20. The van der Waals surface area contributed by atoms with Crippen molar-refractivity contribution in [3.63, 3.8) is 0 Å². The largest absolute Gasteiger partial charge is 0.484 e. The first kappa shape index (κ1) is 12.4. The summed E-state index contributed by atoms with van der Waals surface area (Å²) in [5.74, 6) is -0.664. The topological polar surface area (TPSA) is 86.3 Å². The van der Waals surface area contributed by atoms with Crippen molar-refractivity contribution in [3.8, 4) is 0 Å². The van der Waals surface area contributed by atoms with Crippen LogP contribution in [-0.2, 0) is 0 Å². The van der Waals surface area contributed by atoms with E-state index in [0.717, 1.165) is 18.9 Å². The number of hydrogen-bond acceptors (Lipinski definition) is 4. The van der Waals surface area contributed by atoms with Gasteiger partial charge in [0.1, 0.15) is 15.8 Å². The van der Waals surface area contributed by atoms with Gasteiger partial charge in [0.2, 0.25) is 0 Å². The maximum atomic E-state index is 11.0. The standard InChI is InChI=1S/C10H14N2O4/c1-2-3-6-9-7-4-5-8-10(9,11(13)14)12(15)16/h4-5,7-9H,2-3,6H2,1H3. The lowest BCUT2D eigenvalue weighted by Crippen LogP contribution is -2.51. The number of allylic oxidation sites excluding steroid dienone is 2. The SMILES string of the molecule is CCCCC1C=CC=CC1([N+](=O)[O-])[N+](=O)[O-]. The Hall–Kier alpha value is -1.72. The molecule has 1 unspecified atom stereocenters. The molecular formula is C10H14N2O4. The van der Waals surface area contributed by atoms with Crippen molar-refractivity contribution in [2.75, 3.05) is 0 Å². The molecule has 1 aliphatic carbocycles. The van der Waals surface area contributed by atoms with Crippen LogP contribution >= 0.6 is 0 Å². The first-order valence-corrected chi connectivity index (χ1v) is 5.20. The fourth-order valence-electron chi connectivity index (χ4n) is 1.85. The first-order chi connectivity index (χ1) is 7.55. The Labute approximate surface area is 92.9 Å². The molecule has 0 amide bonds. The van der Waals surface area contributed by atoms with E-state index in [0.29, 0.717) is 6.42 Å². The molecule has 1 rings (SSSR count). The van der Waals surface area contributed by atoms with E-state index in [2.05, 4.69) is 0 Å². The Balaban J connectivity index is 3.03. The molecule has 0 aliphatic heterocycles. The van der Waals surface area contributed by atoms with Crippen molar-refractivity contribution in [2.45, 2.75) is 31.8 Å². The van der Waals surface area contributed by atoms with Crippen LogP contribution in [0.2, 0.25) is 0 Å². The Morgan fingerprint density at radius 2 is 1.88 bits per heavy atom. The normalized spacial score (nSPS) is 21.9. The highest BCUT2D eigenvalue weighted by Gasteiger charge is 2.59. The van der Waals surface area contributed by atoms with Crippen LogP contribution in [0, 0.1) is 26.1 Å². The van der Waals surface area contributed by atoms with Gasteiger partial charge in [-0.3, -0.25) is 20.2 Å². The Morgan fingerprint density at radius 3 is 2.38 bits per heavy atom. The molecule has 6 nitrogen and oxygen atoms in total. The molecular weight excluding hydrogens is 212 g/mol. The average molecular weight is 226 g/mol. The monoisotopic (exact) mass is 226 g/mol. The van der Waals surface area contributed by atoms with Crippen molar-refractivity contribution < 1.29 is 9.85 Å².